The number of pyridine rings is 1. The lowest BCUT2D eigenvalue weighted by atomic mass is 10.2. The van der Waals surface area contributed by atoms with E-state index in [1.54, 1.807) is 0 Å². The zero-order valence-electron chi connectivity index (χ0n) is 11.9. The van der Waals surface area contributed by atoms with Crippen LogP contribution in [0.5, 0.6) is 0 Å². The van der Waals surface area contributed by atoms with Crippen LogP contribution in [0.25, 0.3) is 0 Å². The number of nitrogens with zero attached hydrogens (tertiary/aromatic N) is 1. The van der Waals surface area contributed by atoms with E-state index < -0.39 is 0 Å². The largest absolute Gasteiger partial charge is 0.389 e. The Hall–Kier alpha value is -1.46. The van der Waals surface area contributed by atoms with Crippen LogP contribution >= 0.6 is 23.6 Å². The van der Waals surface area contributed by atoms with Gasteiger partial charge in [0.1, 0.15) is 10.8 Å². The molecule has 0 spiro atoms. The molecule has 2 rings (SSSR count). The highest BCUT2D eigenvalue weighted by Crippen LogP contribution is 2.18. The summed E-state index contributed by atoms with van der Waals surface area (Å²) in [7, 11) is 0. The Morgan fingerprint density at radius 2 is 2.15 bits per heavy atom. The first-order valence-corrected chi connectivity index (χ1v) is 7.77. The van der Waals surface area contributed by atoms with Crippen molar-refractivity contribution in [1.82, 2.24) is 4.98 Å². The minimum absolute atomic E-state index is 0.307. The molecule has 0 saturated heterocycles. The van der Waals surface area contributed by atoms with Crippen molar-refractivity contribution in [3.8, 4) is 0 Å². The number of thiocarbonyl (C=S) groups is 1. The summed E-state index contributed by atoms with van der Waals surface area (Å²) in [4.78, 5) is 7.61. The maximum atomic E-state index is 5.69. The van der Waals surface area contributed by atoms with Gasteiger partial charge in [-0.05, 0) is 45.0 Å². The first kappa shape index (κ1) is 14.9. The minimum atomic E-state index is 0.307. The Balaban J connectivity index is 2.07. The molecule has 5 heteroatoms. The molecule has 0 saturated carbocycles. The van der Waals surface area contributed by atoms with Gasteiger partial charge in [-0.3, -0.25) is 0 Å². The molecule has 3 nitrogen and oxygen atoms in total. The second kappa shape index (κ2) is 6.33. The predicted octanol–water partition coefficient (Wildman–Crippen LogP) is 3.44. The molecule has 0 radical (unpaired) electrons. The summed E-state index contributed by atoms with van der Waals surface area (Å²) < 4.78 is 0. The molecule has 1 atom stereocenters. The lowest BCUT2D eigenvalue weighted by Gasteiger charge is -2.15. The van der Waals surface area contributed by atoms with E-state index in [0.29, 0.717) is 11.0 Å². The highest BCUT2D eigenvalue weighted by atomic mass is 32.1. The predicted molar refractivity (Wildman–Crippen MR) is 90.7 cm³/mol. The summed E-state index contributed by atoms with van der Waals surface area (Å²) >= 11 is 6.86. The number of rotatable bonds is 5. The van der Waals surface area contributed by atoms with E-state index in [1.165, 1.54) is 9.75 Å². The second-order valence-electron chi connectivity index (χ2n) is 5.01. The molecule has 106 valence electrons. The van der Waals surface area contributed by atoms with Crippen molar-refractivity contribution in [2.24, 2.45) is 5.73 Å². The Morgan fingerprint density at radius 3 is 2.75 bits per heavy atom. The van der Waals surface area contributed by atoms with E-state index >= 15 is 0 Å². The fourth-order valence-corrected chi connectivity index (χ4v) is 3.22. The summed E-state index contributed by atoms with van der Waals surface area (Å²) in [5, 5.41) is 3.42. The first-order chi connectivity index (χ1) is 9.44. The SMILES string of the molecule is Cc1cc(C(N)=S)cc(NC(C)Cc2ccc(C)s2)n1. The smallest absolute Gasteiger partial charge is 0.127 e. The van der Waals surface area contributed by atoms with Crippen LogP contribution in [0.4, 0.5) is 5.82 Å². The average molecular weight is 305 g/mol. The van der Waals surface area contributed by atoms with Gasteiger partial charge in [-0.1, -0.05) is 12.2 Å². The fourth-order valence-electron chi connectivity index (χ4n) is 2.08. The molecule has 2 aromatic rings. The normalized spacial score (nSPS) is 12.2. The molecule has 0 aromatic carbocycles. The maximum absolute atomic E-state index is 5.69. The van der Waals surface area contributed by atoms with Gasteiger partial charge >= 0.3 is 0 Å². The number of hydrogen-bond acceptors (Lipinski definition) is 4. The van der Waals surface area contributed by atoms with Gasteiger partial charge in [-0.25, -0.2) is 4.98 Å². The van der Waals surface area contributed by atoms with Gasteiger partial charge < -0.3 is 11.1 Å². The third-order valence-corrected chi connectivity index (χ3v) is 4.19. The Kier molecular flexibility index (Phi) is 4.73. The molecule has 0 aliphatic heterocycles. The molecular weight excluding hydrogens is 286 g/mol. The molecule has 0 aliphatic carbocycles. The van der Waals surface area contributed by atoms with Gasteiger partial charge in [0.2, 0.25) is 0 Å². The summed E-state index contributed by atoms with van der Waals surface area (Å²) in [5.41, 5.74) is 7.46. The topological polar surface area (TPSA) is 50.9 Å². The van der Waals surface area contributed by atoms with Crippen LogP contribution in [-0.2, 0) is 6.42 Å². The highest BCUT2D eigenvalue weighted by molar-refractivity contribution is 7.80. The quantitative estimate of drug-likeness (QED) is 0.831. The third kappa shape index (κ3) is 4.02. The lowest BCUT2D eigenvalue weighted by Crippen LogP contribution is -2.19. The van der Waals surface area contributed by atoms with Crippen molar-refractivity contribution in [2.75, 3.05) is 5.32 Å². The van der Waals surface area contributed by atoms with E-state index in [4.69, 9.17) is 18.0 Å². The molecule has 2 aromatic heterocycles. The summed E-state index contributed by atoms with van der Waals surface area (Å²) in [5.74, 6) is 0.827. The van der Waals surface area contributed by atoms with Crippen molar-refractivity contribution in [2.45, 2.75) is 33.2 Å². The molecule has 3 N–H and O–H groups in total. The highest BCUT2D eigenvalue weighted by Gasteiger charge is 2.08. The van der Waals surface area contributed by atoms with Crippen molar-refractivity contribution in [1.29, 1.82) is 0 Å². The Labute approximate surface area is 129 Å². The molecule has 0 bridgehead atoms. The van der Waals surface area contributed by atoms with Gasteiger partial charge in [0, 0.05) is 33.5 Å². The molecule has 0 aliphatic rings. The molecule has 2 heterocycles. The van der Waals surface area contributed by atoms with Crippen LogP contribution in [0.3, 0.4) is 0 Å². The first-order valence-electron chi connectivity index (χ1n) is 6.54. The second-order valence-corrected chi connectivity index (χ2v) is 6.82. The molecule has 0 fully saturated rings. The Bertz CT molecular complexity index is 619. The number of nitrogens with one attached hydrogen (secondary N) is 1. The van der Waals surface area contributed by atoms with Crippen LogP contribution < -0.4 is 11.1 Å². The van der Waals surface area contributed by atoms with Crippen LogP contribution in [-0.4, -0.2) is 16.0 Å². The number of aromatic nitrogens is 1. The number of thiophene rings is 1. The van der Waals surface area contributed by atoms with E-state index in [0.717, 1.165) is 23.5 Å². The average Bonchev–Trinajstić information content (AvgIpc) is 2.73. The minimum Gasteiger partial charge on any atom is -0.389 e. The van der Waals surface area contributed by atoms with E-state index in [1.807, 2.05) is 30.4 Å². The van der Waals surface area contributed by atoms with Gasteiger partial charge in [0.05, 0.1) is 0 Å². The number of aryl methyl sites for hydroxylation is 2. The monoisotopic (exact) mass is 305 g/mol. The lowest BCUT2D eigenvalue weighted by molar-refractivity contribution is 0.793. The van der Waals surface area contributed by atoms with Crippen molar-refractivity contribution < 1.29 is 0 Å². The number of hydrogen-bond donors (Lipinski definition) is 2. The molecular formula is C15H19N3S2. The molecule has 0 amide bonds. The van der Waals surface area contributed by atoms with Crippen LogP contribution in [0.1, 0.15) is 27.9 Å². The van der Waals surface area contributed by atoms with Gasteiger partial charge in [-0.15, -0.1) is 11.3 Å². The van der Waals surface area contributed by atoms with Gasteiger partial charge in [0.15, 0.2) is 0 Å². The van der Waals surface area contributed by atoms with Gasteiger partial charge in [0.25, 0.3) is 0 Å². The standard InChI is InChI=1S/C15H19N3S2/c1-9-6-12(15(16)19)8-14(17-9)18-10(2)7-13-5-4-11(3)20-13/h4-6,8,10H,7H2,1-3H3,(H2,16,19)(H,17,18). The van der Waals surface area contributed by atoms with Crippen molar-refractivity contribution >= 4 is 34.4 Å². The molecule has 20 heavy (non-hydrogen) atoms. The third-order valence-electron chi connectivity index (χ3n) is 2.94. The van der Waals surface area contributed by atoms with Crippen LogP contribution in [0, 0.1) is 13.8 Å². The van der Waals surface area contributed by atoms with E-state index in [9.17, 15) is 0 Å². The Morgan fingerprint density at radius 1 is 1.40 bits per heavy atom. The summed E-state index contributed by atoms with van der Waals surface area (Å²) in [6, 6.07) is 8.46. The van der Waals surface area contributed by atoms with E-state index in [2.05, 4.69) is 36.3 Å². The summed E-state index contributed by atoms with van der Waals surface area (Å²) in [6.07, 6.45) is 0.983. The van der Waals surface area contributed by atoms with Crippen molar-refractivity contribution in [3.63, 3.8) is 0 Å². The fraction of sp³-hybridized carbons (Fsp3) is 0.333. The number of nitrogens with two attached hydrogens (primary N) is 1. The van der Waals surface area contributed by atoms with Crippen LogP contribution in [0.2, 0.25) is 0 Å². The zero-order valence-corrected chi connectivity index (χ0v) is 13.6. The van der Waals surface area contributed by atoms with Crippen molar-refractivity contribution in [3.05, 3.63) is 45.3 Å². The maximum Gasteiger partial charge on any atom is 0.127 e. The zero-order chi connectivity index (χ0) is 14.7. The summed E-state index contributed by atoms with van der Waals surface area (Å²) in [6.45, 7) is 6.22. The number of anilines is 1. The molecule has 1 unspecified atom stereocenters. The van der Waals surface area contributed by atoms with Crippen LogP contribution in [0.15, 0.2) is 24.3 Å². The van der Waals surface area contributed by atoms with Gasteiger partial charge in [-0.2, -0.15) is 0 Å². The van der Waals surface area contributed by atoms with E-state index in [-0.39, 0.29) is 0 Å².